The lowest BCUT2D eigenvalue weighted by Gasteiger charge is -2.10. The number of rotatable bonds is 6. The molecule has 0 fully saturated rings. The van der Waals surface area contributed by atoms with Crippen LogP contribution in [0.4, 0.5) is 13.2 Å². The predicted octanol–water partition coefficient (Wildman–Crippen LogP) is 3.41. The summed E-state index contributed by atoms with van der Waals surface area (Å²) in [5, 5.41) is 2.74. The highest BCUT2D eigenvalue weighted by Gasteiger charge is 2.34. The Morgan fingerprint density at radius 2 is 2.04 bits per heavy atom. The first-order valence-electron chi connectivity index (χ1n) is 8.20. The number of ether oxygens (including phenoxy) is 1. The number of hydrogen-bond acceptors (Lipinski definition) is 4. The Morgan fingerprint density at radius 1 is 1.26 bits per heavy atom. The molecule has 0 saturated heterocycles. The van der Waals surface area contributed by atoms with Crippen molar-refractivity contribution in [3.05, 3.63) is 47.7 Å². The molecule has 6 nitrogen and oxygen atoms in total. The number of nitrogens with one attached hydrogen (secondary N) is 2. The lowest BCUT2D eigenvalue weighted by Crippen LogP contribution is -2.25. The first-order valence-corrected chi connectivity index (χ1v) is 8.20. The number of fused-ring (bicyclic) bond motifs is 1. The van der Waals surface area contributed by atoms with Crippen LogP contribution in [0.25, 0.3) is 22.6 Å². The van der Waals surface area contributed by atoms with Crippen LogP contribution in [-0.4, -0.2) is 41.1 Å². The monoisotopic (exact) mass is 378 g/mol. The number of imidazole rings is 1. The van der Waals surface area contributed by atoms with Gasteiger partial charge in [-0.2, -0.15) is 13.2 Å². The summed E-state index contributed by atoms with van der Waals surface area (Å²) in [6.07, 6.45) is -2.49. The summed E-state index contributed by atoms with van der Waals surface area (Å²) in [5.41, 5.74) is -0.190. The fourth-order valence-electron chi connectivity index (χ4n) is 2.68. The number of methoxy groups -OCH3 is 1. The second kappa shape index (κ2) is 7.75. The van der Waals surface area contributed by atoms with E-state index in [1.807, 2.05) is 0 Å². The molecular formula is C18H17F3N4O2. The van der Waals surface area contributed by atoms with Crippen molar-refractivity contribution in [3.8, 4) is 11.4 Å². The van der Waals surface area contributed by atoms with Gasteiger partial charge in [0.1, 0.15) is 5.82 Å². The second-order valence-corrected chi connectivity index (χ2v) is 5.79. The van der Waals surface area contributed by atoms with Gasteiger partial charge < -0.3 is 15.0 Å². The smallest absolute Gasteiger partial charge is 0.385 e. The molecule has 2 N–H and O–H groups in total. The minimum absolute atomic E-state index is 0.00468. The number of pyridine rings is 1. The number of benzene rings is 1. The van der Waals surface area contributed by atoms with E-state index < -0.39 is 11.7 Å². The molecule has 1 amide bonds. The van der Waals surface area contributed by atoms with Crippen LogP contribution in [-0.2, 0) is 10.9 Å². The Balaban J connectivity index is 1.97. The van der Waals surface area contributed by atoms with Crippen LogP contribution in [0.1, 0.15) is 22.3 Å². The number of aromatic nitrogens is 3. The third-order valence-electron chi connectivity index (χ3n) is 3.94. The zero-order valence-electron chi connectivity index (χ0n) is 14.4. The molecule has 9 heteroatoms. The molecule has 2 aromatic heterocycles. The predicted molar refractivity (Wildman–Crippen MR) is 93.2 cm³/mol. The average molecular weight is 378 g/mol. The summed E-state index contributed by atoms with van der Waals surface area (Å²) in [4.78, 5) is 23.4. The molecule has 3 rings (SSSR count). The molecule has 0 radical (unpaired) electrons. The van der Waals surface area contributed by atoms with Gasteiger partial charge in [0.05, 0.1) is 16.6 Å². The van der Waals surface area contributed by atoms with Crippen LogP contribution in [0.15, 0.2) is 36.5 Å². The molecule has 0 bridgehead atoms. The van der Waals surface area contributed by atoms with E-state index in [9.17, 15) is 18.0 Å². The molecule has 1 aromatic carbocycles. The van der Waals surface area contributed by atoms with Gasteiger partial charge in [-0.1, -0.05) is 18.2 Å². The topological polar surface area (TPSA) is 79.9 Å². The van der Waals surface area contributed by atoms with Crippen molar-refractivity contribution in [1.82, 2.24) is 20.3 Å². The number of carbonyl (C=O) groups excluding carboxylic acids is 1. The third kappa shape index (κ3) is 4.08. The number of alkyl halides is 3. The first-order chi connectivity index (χ1) is 12.9. The Bertz CT molecular complexity index is 953. The Hall–Kier alpha value is -2.94. The van der Waals surface area contributed by atoms with E-state index in [2.05, 4.69) is 20.3 Å². The Morgan fingerprint density at radius 3 is 2.78 bits per heavy atom. The van der Waals surface area contributed by atoms with Gasteiger partial charge in [0.15, 0.2) is 5.65 Å². The number of nitrogens with zero attached hydrogens (tertiary/aromatic N) is 2. The lowest BCUT2D eigenvalue weighted by molar-refractivity contribution is -0.137. The molecule has 0 spiro atoms. The maximum Gasteiger partial charge on any atom is 0.417 e. The minimum atomic E-state index is -4.52. The van der Waals surface area contributed by atoms with Crippen LogP contribution in [0.2, 0.25) is 0 Å². The highest BCUT2D eigenvalue weighted by molar-refractivity contribution is 6.04. The molecule has 27 heavy (non-hydrogen) atoms. The van der Waals surface area contributed by atoms with Gasteiger partial charge in [-0.25, -0.2) is 9.97 Å². The van der Waals surface area contributed by atoms with E-state index in [1.54, 1.807) is 7.11 Å². The van der Waals surface area contributed by atoms with Gasteiger partial charge in [0.2, 0.25) is 0 Å². The lowest BCUT2D eigenvalue weighted by atomic mass is 10.1. The number of halogens is 3. The second-order valence-electron chi connectivity index (χ2n) is 5.79. The molecule has 0 saturated carbocycles. The average Bonchev–Trinajstić information content (AvgIpc) is 3.08. The van der Waals surface area contributed by atoms with Gasteiger partial charge in [-0.05, 0) is 18.6 Å². The molecule has 0 aliphatic rings. The highest BCUT2D eigenvalue weighted by atomic mass is 19.4. The van der Waals surface area contributed by atoms with Crippen LogP contribution in [0.5, 0.6) is 0 Å². The van der Waals surface area contributed by atoms with Crippen molar-refractivity contribution in [2.24, 2.45) is 0 Å². The van der Waals surface area contributed by atoms with Crippen molar-refractivity contribution in [2.45, 2.75) is 12.6 Å². The number of hydrogen-bond donors (Lipinski definition) is 2. The number of H-pyrrole nitrogens is 1. The first kappa shape index (κ1) is 18.8. The van der Waals surface area contributed by atoms with E-state index in [1.165, 1.54) is 30.5 Å². The van der Waals surface area contributed by atoms with E-state index in [0.717, 1.165) is 6.07 Å². The fourth-order valence-corrected chi connectivity index (χ4v) is 2.68. The van der Waals surface area contributed by atoms with Crippen molar-refractivity contribution in [3.63, 3.8) is 0 Å². The van der Waals surface area contributed by atoms with E-state index in [0.29, 0.717) is 19.6 Å². The Kier molecular flexibility index (Phi) is 5.41. The third-order valence-corrected chi connectivity index (χ3v) is 3.94. The summed E-state index contributed by atoms with van der Waals surface area (Å²) >= 11 is 0. The van der Waals surface area contributed by atoms with Crippen molar-refractivity contribution in [2.75, 3.05) is 20.3 Å². The van der Waals surface area contributed by atoms with Crippen LogP contribution in [0.3, 0.4) is 0 Å². The van der Waals surface area contributed by atoms with E-state index in [4.69, 9.17) is 4.74 Å². The Labute approximate surface area is 152 Å². The van der Waals surface area contributed by atoms with Crippen molar-refractivity contribution >= 4 is 17.1 Å². The highest BCUT2D eigenvalue weighted by Crippen LogP contribution is 2.36. The number of carbonyl (C=O) groups is 1. The molecule has 0 atom stereocenters. The molecular weight excluding hydrogens is 361 g/mol. The molecule has 0 unspecified atom stereocenters. The molecule has 3 aromatic rings. The summed E-state index contributed by atoms with van der Waals surface area (Å²) in [7, 11) is 1.57. The van der Waals surface area contributed by atoms with Crippen LogP contribution >= 0.6 is 0 Å². The maximum absolute atomic E-state index is 13.3. The maximum atomic E-state index is 13.3. The molecule has 2 heterocycles. The van der Waals surface area contributed by atoms with Gasteiger partial charge in [-0.15, -0.1) is 0 Å². The van der Waals surface area contributed by atoms with Gasteiger partial charge in [-0.3, -0.25) is 4.79 Å². The summed E-state index contributed by atoms with van der Waals surface area (Å²) in [6, 6.07) is 6.61. The van der Waals surface area contributed by atoms with Gasteiger partial charge in [0, 0.05) is 32.0 Å². The number of aromatic amines is 1. The summed E-state index contributed by atoms with van der Waals surface area (Å²) in [6.45, 7) is 0.920. The molecule has 142 valence electrons. The van der Waals surface area contributed by atoms with Crippen molar-refractivity contribution < 1.29 is 22.7 Å². The summed E-state index contributed by atoms with van der Waals surface area (Å²) < 4.78 is 44.7. The summed E-state index contributed by atoms with van der Waals surface area (Å²) in [5.74, 6) is -0.358. The zero-order valence-corrected chi connectivity index (χ0v) is 14.4. The van der Waals surface area contributed by atoms with Crippen LogP contribution < -0.4 is 5.32 Å². The van der Waals surface area contributed by atoms with Crippen molar-refractivity contribution in [1.29, 1.82) is 0 Å². The van der Waals surface area contributed by atoms with E-state index in [-0.39, 0.29) is 34.0 Å². The van der Waals surface area contributed by atoms with Gasteiger partial charge in [0.25, 0.3) is 5.91 Å². The van der Waals surface area contributed by atoms with Gasteiger partial charge >= 0.3 is 6.18 Å². The number of amides is 1. The zero-order chi connectivity index (χ0) is 19.4. The molecule has 0 aliphatic heterocycles. The quantitative estimate of drug-likeness (QED) is 0.644. The molecule has 0 aliphatic carbocycles. The largest absolute Gasteiger partial charge is 0.417 e. The minimum Gasteiger partial charge on any atom is -0.385 e. The normalized spacial score (nSPS) is 11.7. The van der Waals surface area contributed by atoms with Crippen LogP contribution in [0, 0.1) is 0 Å². The fraction of sp³-hybridized carbons (Fsp3) is 0.278. The SMILES string of the molecule is COCCCNC(=O)c1ccnc2nc(-c3ccccc3C(F)(F)F)[nH]c12. The van der Waals surface area contributed by atoms with E-state index >= 15 is 0 Å². The standard InChI is InChI=1S/C18H17F3N4O2/c1-27-10-4-8-23-17(26)12-7-9-22-16-14(12)24-15(25-16)11-5-2-3-6-13(11)18(19,20)21/h2-3,5-7,9H,4,8,10H2,1H3,(H,23,26)(H,22,24,25).